The Morgan fingerprint density at radius 3 is 3.06 bits per heavy atom. The van der Waals surface area contributed by atoms with Crippen molar-refractivity contribution in [3.05, 3.63) is 18.2 Å². The normalized spacial score (nSPS) is 15.9. The van der Waals surface area contributed by atoms with E-state index in [9.17, 15) is 9.59 Å². The lowest BCUT2D eigenvalue weighted by molar-refractivity contribution is -0.137. The highest BCUT2D eigenvalue weighted by atomic mass is 16.4. The van der Waals surface area contributed by atoms with Gasteiger partial charge in [0.1, 0.15) is 5.82 Å². The summed E-state index contributed by atoms with van der Waals surface area (Å²) in [5, 5.41) is 11.3. The summed E-state index contributed by atoms with van der Waals surface area (Å²) in [5.74, 6) is -0.0701. The van der Waals surface area contributed by atoms with Crippen molar-refractivity contribution >= 4 is 12.0 Å². The minimum absolute atomic E-state index is 0.0752. The fourth-order valence-electron chi connectivity index (χ4n) is 1.96. The van der Waals surface area contributed by atoms with Gasteiger partial charge in [-0.1, -0.05) is 0 Å². The van der Waals surface area contributed by atoms with Crippen LogP contribution in [0.5, 0.6) is 0 Å². The molecular weight excluding hydrogens is 236 g/mol. The molecule has 7 heteroatoms. The van der Waals surface area contributed by atoms with Gasteiger partial charge in [0.15, 0.2) is 0 Å². The number of carbonyl (C=O) groups is 2. The first-order chi connectivity index (χ1) is 8.56. The Hall–Kier alpha value is -2.05. The first-order valence-electron chi connectivity index (χ1n) is 5.83. The van der Waals surface area contributed by atoms with E-state index in [4.69, 9.17) is 5.11 Å². The Labute approximate surface area is 104 Å². The summed E-state index contributed by atoms with van der Waals surface area (Å²) in [7, 11) is 0. The number of imidazole rings is 1. The van der Waals surface area contributed by atoms with E-state index in [1.807, 2.05) is 10.8 Å². The van der Waals surface area contributed by atoms with Crippen LogP contribution in [0.3, 0.4) is 0 Å². The Bertz CT molecular complexity index is 457. The molecule has 7 nitrogen and oxygen atoms in total. The zero-order valence-corrected chi connectivity index (χ0v) is 10.2. The molecule has 1 aliphatic rings. The van der Waals surface area contributed by atoms with Crippen molar-refractivity contribution in [1.82, 2.24) is 19.8 Å². The summed E-state index contributed by atoms with van der Waals surface area (Å²) in [6.45, 7) is 3.46. The summed E-state index contributed by atoms with van der Waals surface area (Å²) in [6, 6.07) is -0.616. The van der Waals surface area contributed by atoms with Crippen LogP contribution in [-0.4, -0.2) is 44.1 Å². The fourth-order valence-corrected chi connectivity index (χ4v) is 1.96. The number of amides is 2. The maximum Gasteiger partial charge on any atom is 0.318 e. The second-order valence-corrected chi connectivity index (χ2v) is 4.41. The smallest absolute Gasteiger partial charge is 0.318 e. The van der Waals surface area contributed by atoms with Crippen LogP contribution in [0.2, 0.25) is 0 Å². The number of hydrogen-bond acceptors (Lipinski definition) is 3. The molecule has 0 fully saturated rings. The topological polar surface area (TPSA) is 87.5 Å². The number of aliphatic carboxylic acids is 1. The second-order valence-electron chi connectivity index (χ2n) is 4.41. The van der Waals surface area contributed by atoms with Crippen molar-refractivity contribution in [3.8, 4) is 0 Å². The van der Waals surface area contributed by atoms with Crippen molar-refractivity contribution in [3.63, 3.8) is 0 Å². The molecule has 0 saturated heterocycles. The number of urea groups is 1. The molecule has 18 heavy (non-hydrogen) atoms. The van der Waals surface area contributed by atoms with Crippen LogP contribution in [0.25, 0.3) is 0 Å². The molecule has 98 valence electrons. The van der Waals surface area contributed by atoms with Gasteiger partial charge in [0, 0.05) is 31.5 Å². The summed E-state index contributed by atoms with van der Waals surface area (Å²) in [6.07, 6.45) is 3.52. The number of nitrogens with one attached hydrogen (secondary N) is 1. The van der Waals surface area contributed by atoms with Crippen molar-refractivity contribution in [2.45, 2.75) is 32.5 Å². The summed E-state index contributed by atoms with van der Waals surface area (Å²) in [4.78, 5) is 28.2. The maximum absolute atomic E-state index is 11.9. The lowest BCUT2D eigenvalue weighted by Crippen LogP contribution is -2.47. The van der Waals surface area contributed by atoms with E-state index >= 15 is 0 Å². The number of aromatic nitrogens is 2. The van der Waals surface area contributed by atoms with Gasteiger partial charge in [-0.25, -0.2) is 9.78 Å². The predicted octanol–water partition coefficient (Wildman–Crippen LogP) is 0.271. The van der Waals surface area contributed by atoms with E-state index in [1.54, 1.807) is 18.0 Å². The second kappa shape index (κ2) is 5.07. The van der Waals surface area contributed by atoms with Gasteiger partial charge in [-0.05, 0) is 6.92 Å². The molecular formula is C11H16N4O3. The van der Waals surface area contributed by atoms with Crippen molar-refractivity contribution < 1.29 is 14.7 Å². The van der Waals surface area contributed by atoms with Crippen LogP contribution in [0.1, 0.15) is 19.2 Å². The molecule has 2 heterocycles. The van der Waals surface area contributed by atoms with Crippen molar-refractivity contribution in [2.24, 2.45) is 0 Å². The molecule has 1 unspecified atom stereocenters. The lowest BCUT2D eigenvalue weighted by Gasteiger charge is -2.28. The van der Waals surface area contributed by atoms with E-state index in [1.165, 1.54) is 0 Å². The van der Waals surface area contributed by atoms with Gasteiger partial charge < -0.3 is 19.9 Å². The molecule has 0 bridgehead atoms. The van der Waals surface area contributed by atoms with Gasteiger partial charge in [0.05, 0.1) is 13.0 Å². The Balaban J connectivity index is 1.89. The third kappa shape index (κ3) is 2.79. The van der Waals surface area contributed by atoms with Gasteiger partial charge in [-0.2, -0.15) is 0 Å². The molecule has 0 radical (unpaired) electrons. The standard InChI is InChI=1S/C11H16N4O3/c1-8(6-10(16)17)13-11(18)15-5-4-14-3-2-12-9(14)7-15/h2-3,8H,4-7H2,1H3,(H,13,18)(H,16,17). The first kappa shape index (κ1) is 12.4. The highest BCUT2D eigenvalue weighted by Gasteiger charge is 2.22. The molecule has 1 aromatic rings. The van der Waals surface area contributed by atoms with Gasteiger partial charge in [-0.3, -0.25) is 4.79 Å². The average Bonchev–Trinajstić information content (AvgIpc) is 2.74. The van der Waals surface area contributed by atoms with Crippen LogP contribution in [0.15, 0.2) is 12.4 Å². The van der Waals surface area contributed by atoms with E-state index < -0.39 is 5.97 Å². The summed E-state index contributed by atoms with van der Waals surface area (Å²) < 4.78 is 2.00. The van der Waals surface area contributed by atoms with Crippen LogP contribution in [-0.2, 0) is 17.9 Å². The number of carbonyl (C=O) groups excluding carboxylic acids is 1. The molecule has 0 aliphatic carbocycles. The van der Waals surface area contributed by atoms with Gasteiger partial charge in [0.2, 0.25) is 0 Å². The minimum atomic E-state index is -0.919. The lowest BCUT2D eigenvalue weighted by atomic mass is 10.2. The van der Waals surface area contributed by atoms with Gasteiger partial charge in [0.25, 0.3) is 0 Å². The molecule has 0 aromatic carbocycles. The quantitative estimate of drug-likeness (QED) is 0.808. The van der Waals surface area contributed by atoms with E-state index in [2.05, 4.69) is 10.3 Å². The van der Waals surface area contributed by atoms with Crippen molar-refractivity contribution in [1.29, 1.82) is 0 Å². The van der Waals surface area contributed by atoms with Crippen molar-refractivity contribution in [2.75, 3.05) is 6.54 Å². The molecule has 0 saturated carbocycles. The molecule has 2 N–H and O–H groups in total. The Kier molecular flexibility index (Phi) is 3.50. The zero-order valence-electron chi connectivity index (χ0n) is 10.2. The van der Waals surface area contributed by atoms with Crippen LogP contribution in [0.4, 0.5) is 4.79 Å². The minimum Gasteiger partial charge on any atom is -0.481 e. The highest BCUT2D eigenvalue weighted by Crippen LogP contribution is 2.10. The Morgan fingerprint density at radius 1 is 1.56 bits per heavy atom. The average molecular weight is 252 g/mol. The molecule has 2 amide bonds. The van der Waals surface area contributed by atoms with Crippen LogP contribution in [0, 0.1) is 0 Å². The number of rotatable bonds is 3. The van der Waals surface area contributed by atoms with Gasteiger partial charge in [-0.15, -0.1) is 0 Å². The third-order valence-electron chi connectivity index (χ3n) is 2.88. The summed E-state index contributed by atoms with van der Waals surface area (Å²) >= 11 is 0. The molecule has 1 aromatic heterocycles. The molecule has 1 aliphatic heterocycles. The third-order valence-corrected chi connectivity index (χ3v) is 2.88. The fraction of sp³-hybridized carbons (Fsp3) is 0.545. The van der Waals surface area contributed by atoms with E-state index in [-0.39, 0.29) is 18.5 Å². The Morgan fingerprint density at radius 2 is 2.33 bits per heavy atom. The number of fused-ring (bicyclic) bond motifs is 1. The molecule has 2 rings (SSSR count). The van der Waals surface area contributed by atoms with Gasteiger partial charge >= 0.3 is 12.0 Å². The van der Waals surface area contributed by atoms with E-state index in [0.717, 1.165) is 12.4 Å². The highest BCUT2D eigenvalue weighted by molar-refractivity contribution is 5.75. The number of carboxylic acids is 1. The number of carboxylic acid groups (broad SMARTS) is 1. The molecule has 1 atom stereocenters. The summed E-state index contributed by atoms with van der Waals surface area (Å²) in [5.41, 5.74) is 0. The molecule has 0 spiro atoms. The van der Waals surface area contributed by atoms with Crippen LogP contribution >= 0.6 is 0 Å². The van der Waals surface area contributed by atoms with E-state index in [0.29, 0.717) is 13.1 Å². The zero-order chi connectivity index (χ0) is 13.1. The maximum atomic E-state index is 11.9. The monoisotopic (exact) mass is 252 g/mol. The predicted molar refractivity (Wildman–Crippen MR) is 62.9 cm³/mol. The SMILES string of the molecule is CC(CC(=O)O)NC(=O)N1CCn2ccnc2C1. The first-order valence-corrected chi connectivity index (χ1v) is 5.83. The number of nitrogens with zero attached hydrogens (tertiary/aromatic N) is 3. The largest absolute Gasteiger partial charge is 0.481 e. The van der Waals surface area contributed by atoms with Crippen LogP contribution < -0.4 is 5.32 Å². The number of hydrogen-bond donors (Lipinski definition) is 2.